The molecule has 0 aromatic heterocycles. The van der Waals surface area contributed by atoms with Crippen LogP contribution in [0.1, 0.15) is 26.2 Å². The van der Waals surface area contributed by atoms with Crippen molar-refractivity contribution < 1.29 is 29.0 Å². The number of ether oxygens (including phenoxy) is 2. The number of alkyl halides is 1. The van der Waals surface area contributed by atoms with Crippen LogP contribution in [0, 0.1) is 11.8 Å². The third-order valence-electron chi connectivity index (χ3n) is 7.10. The highest BCUT2D eigenvalue weighted by Crippen LogP contribution is 2.60. The van der Waals surface area contributed by atoms with Crippen molar-refractivity contribution in [2.24, 2.45) is 11.8 Å². The van der Waals surface area contributed by atoms with Crippen molar-refractivity contribution in [2.45, 2.75) is 48.8 Å². The molecular formula is C25H30BrClN2O6. The number of likely N-dealkylation sites (tertiary alicyclic amines) is 1. The molecule has 0 saturated carbocycles. The molecule has 4 rings (SSSR count). The molecule has 1 unspecified atom stereocenters. The van der Waals surface area contributed by atoms with Crippen LogP contribution in [-0.2, 0) is 23.9 Å². The first-order valence-corrected chi connectivity index (χ1v) is 13.2. The molecule has 3 saturated heterocycles. The summed E-state index contributed by atoms with van der Waals surface area (Å²) >= 11 is 9.69. The Kier molecular flexibility index (Phi) is 7.90. The maximum absolute atomic E-state index is 14.2. The van der Waals surface area contributed by atoms with Crippen molar-refractivity contribution in [1.29, 1.82) is 0 Å². The number of benzene rings is 1. The van der Waals surface area contributed by atoms with Gasteiger partial charge in [0.25, 0.3) is 5.91 Å². The van der Waals surface area contributed by atoms with Crippen molar-refractivity contribution in [3.8, 4) is 0 Å². The topological polar surface area (TPSA) is 96.4 Å². The highest BCUT2D eigenvalue weighted by Gasteiger charge is 2.77. The number of hydrogen-bond acceptors (Lipinski definition) is 6. The van der Waals surface area contributed by atoms with Crippen LogP contribution < -0.4 is 4.90 Å². The second-order valence-electron chi connectivity index (χ2n) is 9.09. The lowest BCUT2D eigenvalue weighted by Gasteiger charge is -2.37. The fourth-order valence-electron chi connectivity index (χ4n) is 5.77. The van der Waals surface area contributed by atoms with Gasteiger partial charge < -0.3 is 24.4 Å². The lowest BCUT2D eigenvalue weighted by atomic mass is 9.70. The first kappa shape index (κ1) is 26.1. The van der Waals surface area contributed by atoms with E-state index in [2.05, 4.69) is 22.5 Å². The molecule has 1 spiro atoms. The molecular weight excluding hydrogens is 540 g/mol. The molecule has 3 fully saturated rings. The van der Waals surface area contributed by atoms with Crippen LogP contribution in [0.4, 0.5) is 5.69 Å². The summed E-state index contributed by atoms with van der Waals surface area (Å²) in [5.74, 6) is -2.67. The van der Waals surface area contributed by atoms with Gasteiger partial charge in [0, 0.05) is 35.2 Å². The third kappa shape index (κ3) is 4.41. The molecule has 8 nitrogen and oxygen atoms in total. The Bertz CT molecular complexity index is 991. The summed E-state index contributed by atoms with van der Waals surface area (Å²) in [5.41, 5.74) is -0.540. The van der Waals surface area contributed by atoms with Crippen molar-refractivity contribution in [3.05, 3.63) is 41.9 Å². The summed E-state index contributed by atoms with van der Waals surface area (Å²) in [4.78, 5) is 43.9. The highest BCUT2D eigenvalue weighted by molar-refractivity contribution is 9.09. The number of fused-ring (bicyclic) bond motifs is 1. The van der Waals surface area contributed by atoms with Crippen LogP contribution in [0.15, 0.2) is 36.9 Å². The number of unbranched alkanes of at least 4 members (excludes halogenated alkanes) is 1. The second kappa shape index (κ2) is 10.6. The van der Waals surface area contributed by atoms with Crippen LogP contribution in [0.2, 0.25) is 5.02 Å². The lowest BCUT2D eigenvalue weighted by Crippen LogP contribution is -2.57. The molecule has 3 aliphatic rings. The number of amides is 2. The Morgan fingerprint density at radius 1 is 1.37 bits per heavy atom. The number of carbonyl (C=O) groups is 3. The van der Waals surface area contributed by atoms with Crippen LogP contribution in [0.3, 0.4) is 0 Å². The zero-order valence-corrected chi connectivity index (χ0v) is 21.9. The van der Waals surface area contributed by atoms with Gasteiger partial charge in [0.05, 0.1) is 24.5 Å². The molecule has 0 radical (unpaired) electrons. The summed E-state index contributed by atoms with van der Waals surface area (Å²) in [6.07, 6.45) is 2.49. The Morgan fingerprint density at radius 3 is 2.71 bits per heavy atom. The van der Waals surface area contributed by atoms with E-state index in [4.69, 9.17) is 21.1 Å². The predicted octanol–water partition coefficient (Wildman–Crippen LogP) is 2.94. The summed E-state index contributed by atoms with van der Waals surface area (Å²) in [6, 6.07) is 5.95. The molecule has 10 heteroatoms. The molecule has 6 atom stereocenters. The standard InChI is InChI=1S/C25H30BrClN2O6/c1-3-11-28(16-9-7-15(27)8-10-16)23(32)21-25-14-17(26)20(35-25)18(24(33)34-4-2)19(25)22(31)29(21)12-5-6-13-30/h3,7-10,17-21,30H,1,4-6,11-14H2,2H3/t17?,18-,19+,20-,21-,25+/m1/s1. The number of esters is 1. The van der Waals surface area contributed by atoms with Gasteiger partial charge >= 0.3 is 5.97 Å². The predicted molar refractivity (Wildman–Crippen MR) is 134 cm³/mol. The lowest BCUT2D eigenvalue weighted by molar-refractivity contribution is -0.154. The second-order valence-corrected chi connectivity index (χ2v) is 10.7. The maximum atomic E-state index is 14.2. The van der Waals surface area contributed by atoms with Gasteiger partial charge in [-0.3, -0.25) is 14.4 Å². The number of halogens is 2. The highest BCUT2D eigenvalue weighted by atomic mass is 79.9. The quantitative estimate of drug-likeness (QED) is 0.201. The van der Waals surface area contributed by atoms with Gasteiger partial charge in [-0.15, -0.1) is 6.58 Å². The Balaban J connectivity index is 1.77. The van der Waals surface area contributed by atoms with Gasteiger partial charge in [-0.05, 0) is 50.5 Å². The molecule has 1 N–H and O–H groups in total. The largest absolute Gasteiger partial charge is 0.466 e. The van der Waals surface area contributed by atoms with E-state index < -0.39 is 35.6 Å². The molecule has 3 aliphatic heterocycles. The number of rotatable bonds is 10. The zero-order valence-electron chi connectivity index (χ0n) is 19.6. The number of aliphatic hydroxyl groups is 1. The Hall–Kier alpha value is -1.94. The minimum absolute atomic E-state index is 0.0178. The fourth-order valence-corrected chi connectivity index (χ4v) is 6.84. The number of nitrogens with zero attached hydrogens (tertiary/aromatic N) is 2. The smallest absolute Gasteiger partial charge is 0.312 e. The van der Waals surface area contributed by atoms with Crippen molar-refractivity contribution in [1.82, 2.24) is 4.90 Å². The van der Waals surface area contributed by atoms with E-state index in [0.29, 0.717) is 30.0 Å². The average Bonchev–Trinajstić information content (AvgIpc) is 3.42. The van der Waals surface area contributed by atoms with E-state index in [9.17, 15) is 19.5 Å². The van der Waals surface area contributed by atoms with E-state index >= 15 is 0 Å². The number of aliphatic hydroxyl groups excluding tert-OH is 1. The number of carbonyl (C=O) groups excluding carboxylic acids is 3. The minimum atomic E-state index is -1.16. The molecule has 2 amide bonds. The zero-order chi connectivity index (χ0) is 25.3. The molecule has 190 valence electrons. The van der Waals surface area contributed by atoms with Gasteiger partial charge in [-0.1, -0.05) is 33.6 Å². The monoisotopic (exact) mass is 568 g/mol. The Labute approximate surface area is 218 Å². The summed E-state index contributed by atoms with van der Waals surface area (Å²) in [6.45, 7) is 6.18. The summed E-state index contributed by atoms with van der Waals surface area (Å²) in [7, 11) is 0. The van der Waals surface area contributed by atoms with Crippen molar-refractivity contribution in [2.75, 3.05) is 31.2 Å². The first-order valence-electron chi connectivity index (χ1n) is 11.9. The van der Waals surface area contributed by atoms with Crippen LogP contribution in [0.25, 0.3) is 0 Å². The first-order chi connectivity index (χ1) is 16.8. The van der Waals surface area contributed by atoms with E-state index in [1.54, 1.807) is 47.1 Å². The normalized spacial score (nSPS) is 30.9. The molecule has 2 bridgehead atoms. The summed E-state index contributed by atoms with van der Waals surface area (Å²) in [5, 5.41) is 9.83. The van der Waals surface area contributed by atoms with Crippen LogP contribution >= 0.6 is 27.5 Å². The maximum Gasteiger partial charge on any atom is 0.312 e. The molecule has 3 heterocycles. The van der Waals surface area contributed by atoms with Gasteiger partial charge in [0.2, 0.25) is 5.91 Å². The Morgan fingerprint density at radius 2 is 2.09 bits per heavy atom. The van der Waals surface area contributed by atoms with Crippen LogP contribution in [0.5, 0.6) is 0 Å². The third-order valence-corrected chi connectivity index (χ3v) is 8.20. The van der Waals surface area contributed by atoms with E-state index in [0.717, 1.165) is 0 Å². The minimum Gasteiger partial charge on any atom is -0.466 e. The molecule has 1 aromatic carbocycles. The average molecular weight is 570 g/mol. The molecule has 35 heavy (non-hydrogen) atoms. The van der Waals surface area contributed by atoms with Gasteiger partial charge in [-0.2, -0.15) is 0 Å². The van der Waals surface area contributed by atoms with E-state index in [1.165, 1.54) is 0 Å². The number of anilines is 1. The molecule has 1 aromatic rings. The summed E-state index contributed by atoms with van der Waals surface area (Å²) < 4.78 is 11.8. The molecule has 0 aliphatic carbocycles. The van der Waals surface area contributed by atoms with Crippen molar-refractivity contribution in [3.63, 3.8) is 0 Å². The van der Waals surface area contributed by atoms with Crippen LogP contribution in [-0.4, -0.2) is 76.7 Å². The van der Waals surface area contributed by atoms with Gasteiger partial charge in [0.15, 0.2) is 0 Å². The van der Waals surface area contributed by atoms with Gasteiger partial charge in [-0.25, -0.2) is 0 Å². The van der Waals surface area contributed by atoms with Gasteiger partial charge in [0.1, 0.15) is 11.6 Å². The van der Waals surface area contributed by atoms with E-state index in [-0.39, 0.29) is 42.9 Å². The SMILES string of the molecule is C=CCN(C(=O)[C@H]1N(CCCCO)C(=O)[C@@H]2[C@@H](C(=O)OCC)[C@@H]3O[C@@]21CC3Br)c1ccc(Cl)cc1. The number of hydrogen-bond donors (Lipinski definition) is 1. The van der Waals surface area contributed by atoms with Crippen molar-refractivity contribution >= 4 is 51.0 Å². The fraction of sp³-hybridized carbons (Fsp3) is 0.560. The van der Waals surface area contributed by atoms with E-state index in [1.807, 2.05) is 0 Å².